The van der Waals surface area contributed by atoms with Gasteiger partial charge in [-0.1, -0.05) is 6.92 Å². The second kappa shape index (κ2) is 5.46. The number of nitrogens with zero attached hydrogens (tertiary/aromatic N) is 3. The lowest BCUT2D eigenvalue weighted by Gasteiger charge is -2.31. The lowest BCUT2D eigenvalue weighted by atomic mass is 10.1. The molecule has 16 heavy (non-hydrogen) atoms. The number of hydrogen-bond acceptors (Lipinski definition) is 4. The number of hydrogen-bond donors (Lipinski definition) is 1. The van der Waals surface area contributed by atoms with E-state index in [1.807, 2.05) is 6.07 Å². The third-order valence-electron chi connectivity index (χ3n) is 3.01. The second-order valence-corrected chi connectivity index (χ2v) is 4.40. The molecule has 0 unspecified atom stereocenters. The smallest absolute Gasteiger partial charge is 0.224 e. The summed E-state index contributed by atoms with van der Waals surface area (Å²) in [7, 11) is 0. The molecule has 1 N–H and O–H groups in total. The predicted octanol–water partition coefficient (Wildman–Crippen LogP) is 2.03. The molecule has 0 atom stereocenters. The van der Waals surface area contributed by atoms with Crippen molar-refractivity contribution in [2.45, 2.75) is 25.8 Å². The maximum absolute atomic E-state index is 5.74. The van der Waals surface area contributed by atoms with Crippen LogP contribution in [0.3, 0.4) is 0 Å². The van der Waals surface area contributed by atoms with Gasteiger partial charge in [-0.3, -0.25) is 0 Å². The Hall–Kier alpha value is -0.870. The molecule has 1 saturated heterocycles. The van der Waals surface area contributed by atoms with Crippen molar-refractivity contribution < 1.29 is 0 Å². The van der Waals surface area contributed by atoms with Gasteiger partial charge >= 0.3 is 0 Å². The maximum Gasteiger partial charge on any atom is 0.224 e. The summed E-state index contributed by atoms with van der Waals surface area (Å²) in [5.41, 5.74) is 0. The van der Waals surface area contributed by atoms with Gasteiger partial charge in [0.2, 0.25) is 5.28 Å². The number of nitrogens with one attached hydrogen (secondary N) is 1. The van der Waals surface area contributed by atoms with E-state index in [0.29, 0.717) is 11.3 Å². The van der Waals surface area contributed by atoms with Crippen molar-refractivity contribution in [1.29, 1.82) is 0 Å². The molecule has 88 valence electrons. The number of likely N-dealkylation sites (tertiary alicyclic amines) is 1. The summed E-state index contributed by atoms with van der Waals surface area (Å²) in [5.74, 6) is 0.829. The highest BCUT2D eigenvalue weighted by molar-refractivity contribution is 6.28. The Kier molecular flexibility index (Phi) is 3.96. The van der Waals surface area contributed by atoms with E-state index in [0.717, 1.165) is 38.3 Å². The lowest BCUT2D eigenvalue weighted by molar-refractivity contribution is 0.229. The minimum absolute atomic E-state index is 0.302. The van der Waals surface area contributed by atoms with Crippen molar-refractivity contribution >= 4 is 17.4 Å². The van der Waals surface area contributed by atoms with Gasteiger partial charge in [0, 0.05) is 25.3 Å². The molecule has 2 rings (SSSR count). The van der Waals surface area contributed by atoms with Crippen LogP contribution >= 0.6 is 11.6 Å². The Morgan fingerprint density at radius 3 is 2.88 bits per heavy atom. The van der Waals surface area contributed by atoms with Crippen molar-refractivity contribution in [2.24, 2.45) is 0 Å². The van der Waals surface area contributed by atoms with Crippen molar-refractivity contribution in [3.63, 3.8) is 0 Å². The van der Waals surface area contributed by atoms with Gasteiger partial charge in [0.25, 0.3) is 0 Å². The van der Waals surface area contributed by atoms with Gasteiger partial charge in [-0.25, -0.2) is 9.97 Å². The third kappa shape index (κ3) is 3.06. The second-order valence-electron chi connectivity index (χ2n) is 4.06. The molecule has 0 radical (unpaired) electrons. The van der Waals surface area contributed by atoms with Gasteiger partial charge in [0.1, 0.15) is 5.82 Å². The molecule has 0 bridgehead atoms. The first-order chi connectivity index (χ1) is 7.78. The first-order valence-electron chi connectivity index (χ1n) is 5.75. The molecule has 2 heterocycles. The Bertz CT molecular complexity index is 337. The maximum atomic E-state index is 5.74. The standard InChI is InChI=1S/C11H17ClN4/c1-2-16-7-4-9(5-8-16)14-10-3-6-13-11(12)15-10/h3,6,9H,2,4-5,7-8H2,1H3,(H,13,14,15). The fourth-order valence-corrected chi connectivity index (χ4v) is 2.17. The summed E-state index contributed by atoms with van der Waals surface area (Å²) in [4.78, 5) is 10.5. The highest BCUT2D eigenvalue weighted by Gasteiger charge is 2.17. The third-order valence-corrected chi connectivity index (χ3v) is 3.20. The summed E-state index contributed by atoms with van der Waals surface area (Å²) in [5, 5.41) is 3.71. The molecule has 0 aliphatic carbocycles. The van der Waals surface area contributed by atoms with E-state index in [-0.39, 0.29) is 0 Å². The minimum Gasteiger partial charge on any atom is -0.367 e. The molecule has 1 aliphatic rings. The summed E-state index contributed by atoms with van der Waals surface area (Å²) in [6.45, 7) is 5.67. The topological polar surface area (TPSA) is 41.0 Å². The van der Waals surface area contributed by atoms with Crippen LogP contribution in [0.5, 0.6) is 0 Å². The average molecular weight is 241 g/mol. The van der Waals surface area contributed by atoms with E-state index in [9.17, 15) is 0 Å². The van der Waals surface area contributed by atoms with Crippen LogP contribution in [0.25, 0.3) is 0 Å². The van der Waals surface area contributed by atoms with E-state index in [2.05, 4.69) is 27.1 Å². The van der Waals surface area contributed by atoms with Crippen LogP contribution in [0, 0.1) is 0 Å². The zero-order chi connectivity index (χ0) is 11.4. The van der Waals surface area contributed by atoms with E-state index in [4.69, 9.17) is 11.6 Å². The van der Waals surface area contributed by atoms with E-state index < -0.39 is 0 Å². The Morgan fingerprint density at radius 2 is 2.25 bits per heavy atom. The molecule has 1 fully saturated rings. The van der Waals surface area contributed by atoms with Crippen LogP contribution in [0.2, 0.25) is 5.28 Å². The molecule has 1 aromatic rings. The van der Waals surface area contributed by atoms with Crippen molar-refractivity contribution in [3.05, 3.63) is 17.5 Å². The Labute approximate surface area is 101 Å². The molecular formula is C11H17ClN4. The lowest BCUT2D eigenvalue weighted by Crippen LogP contribution is -2.39. The van der Waals surface area contributed by atoms with Crippen LogP contribution in [0.15, 0.2) is 12.3 Å². The van der Waals surface area contributed by atoms with Crippen LogP contribution in [-0.4, -0.2) is 40.5 Å². The molecule has 0 saturated carbocycles. The highest BCUT2D eigenvalue weighted by atomic mass is 35.5. The fourth-order valence-electron chi connectivity index (χ4n) is 2.02. The molecule has 0 spiro atoms. The number of piperidine rings is 1. The van der Waals surface area contributed by atoms with E-state index in [1.54, 1.807) is 6.20 Å². The molecule has 5 heteroatoms. The predicted molar refractivity (Wildman–Crippen MR) is 65.8 cm³/mol. The summed E-state index contributed by atoms with van der Waals surface area (Å²) >= 11 is 5.74. The van der Waals surface area contributed by atoms with Gasteiger partial charge in [-0.05, 0) is 37.1 Å². The normalized spacial score (nSPS) is 18.6. The summed E-state index contributed by atoms with van der Waals surface area (Å²) in [6.07, 6.45) is 4.00. The van der Waals surface area contributed by atoms with Crippen molar-refractivity contribution in [2.75, 3.05) is 25.0 Å². The monoisotopic (exact) mass is 240 g/mol. The Balaban J connectivity index is 1.87. The Morgan fingerprint density at radius 1 is 1.50 bits per heavy atom. The molecular weight excluding hydrogens is 224 g/mol. The zero-order valence-corrected chi connectivity index (χ0v) is 10.2. The van der Waals surface area contributed by atoms with Crippen LogP contribution in [-0.2, 0) is 0 Å². The largest absolute Gasteiger partial charge is 0.367 e. The fraction of sp³-hybridized carbons (Fsp3) is 0.636. The average Bonchev–Trinajstić information content (AvgIpc) is 2.30. The number of aromatic nitrogens is 2. The first kappa shape index (κ1) is 11.6. The van der Waals surface area contributed by atoms with Crippen LogP contribution in [0.1, 0.15) is 19.8 Å². The molecule has 1 aliphatic heterocycles. The van der Waals surface area contributed by atoms with E-state index >= 15 is 0 Å². The number of halogens is 1. The SMILES string of the molecule is CCN1CCC(Nc2ccnc(Cl)n2)CC1. The van der Waals surface area contributed by atoms with Gasteiger partial charge in [-0.2, -0.15) is 0 Å². The van der Waals surface area contributed by atoms with Crippen LogP contribution < -0.4 is 5.32 Å². The highest BCUT2D eigenvalue weighted by Crippen LogP contribution is 2.15. The quantitative estimate of drug-likeness (QED) is 0.821. The minimum atomic E-state index is 0.302. The molecule has 1 aromatic heterocycles. The molecule has 0 amide bonds. The van der Waals surface area contributed by atoms with Crippen molar-refractivity contribution in [1.82, 2.24) is 14.9 Å². The summed E-state index contributed by atoms with van der Waals surface area (Å²) in [6, 6.07) is 2.37. The van der Waals surface area contributed by atoms with Gasteiger partial charge < -0.3 is 10.2 Å². The van der Waals surface area contributed by atoms with E-state index in [1.165, 1.54) is 0 Å². The van der Waals surface area contributed by atoms with Gasteiger partial charge in [0.05, 0.1) is 0 Å². The molecule has 0 aromatic carbocycles. The number of anilines is 1. The zero-order valence-electron chi connectivity index (χ0n) is 9.49. The van der Waals surface area contributed by atoms with Gasteiger partial charge in [-0.15, -0.1) is 0 Å². The number of rotatable bonds is 3. The first-order valence-corrected chi connectivity index (χ1v) is 6.13. The van der Waals surface area contributed by atoms with Crippen molar-refractivity contribution in [3.8, 4) is 0 Å². The molecule has 4 nitrogen and oxygen atoms in total. The van der Waals surface area contributed by atoms with Gasteiger partial charge in [0.15, 0.2) is 0 Å². The van der Waals surface area contributed by atoms with Crippen LogP contribution in [0.4, 0.5) is 5.82 Å². The summed E-state index contributed by atoms with van der Waals surface area (Å²) < 4.78 is 0.